The summed E-state index contributed by atoms with van der Waals surface area (Å²) in [4.78, 5) is 13.5. The largest absolute Gasteiger partial charge is 0.503 e. The lowest BCUT2D eigenvalue weighted by Crippen LogP contribution is -2.31. The Morgan fingerprint density at radius 2 is 1.85 bits per heavy atom. The zero-order valence-electron chi connectivity index (χ0n) is 12.1. The molecule has 1 aromatic rings. The van der Waals surface area contributed by atoms with Crippen LogP contribution in [0.25, 0.3) is 0 Å². The number of nitrogens with zero attached hydrogens (tertiary/aromatic N) is 2. The summed E-state index contributed by atoms with van der Waals surface area (Å²) in [5.41, 5.74) is 0.358. The summed E-state index contributed by atoms with van der Waals surface area (Å²) >= 11 is 0. The molecule has 0 fully saturated rings. The second-order valence-electron chi connectivity index (χ2n) is 5.28. The molecule has 0 saturated carbocycles. The molecule has 0 amide bonds. The molecular formula is C14H24N2O4. The zero-order valence-corrected chi connectivity index (χ0v) is 12.1. The Morgan fingerprint density at radius 1 is 1.25 bits per heavy atom. The average molecular weight is 284 g/mol. The molecule has 20 heavy (non-hydrogen) atoms. The Labute approximate surface area is 118 Å². The molecule has 0 aliphatic rings. The van der Waals surface area contributed by atoms with E-state index in [0.29, 0.717) is 32.1 Å². The first-order valence-corrected chi connectivity index (χ1v) is 6.84. The Bertz CT molecular complexity index is 465. The van der Waals surface area contributed by atoms with Crippen LogP contribution in [0.5, 0.6) is 5.75 Å². The lowest BCUT2D eigenvalue weighted by molar-refractivity contribution is 0.153. The van der Waals surface area contributed by atoms with E-state index in [2.05, 4.69) is 13.8 Å². The molecule has 0 bridgehead atoms. The topological polar surface area (TPSA) is 85.9 Å². The van der Waals surface area contributed by atoms with Crippen molar-refractivity contribution in [3.63, 3.8) is 0 Å². The van der Waals surface area contributed by atoms with E-state index in [1.165, 1.54) is 12.3 Å². The normalized spacial score (nSPS) is 11.5. The van der Waals surface area contributed by atoms with Gasteiger partial charge in [0.15, 0.2) is 5.75 Å². The third kappa shape index (κ3) is 4.96. The number of hydrogen-bond donors (Lipinski definition) is 3. The highest BCUT2D eigenvalue weighted by Gasteiger charge is 2.11. The van der Waals surface area contributed by atoms with Crippen LogP contribution < -0.4 is 5.43 Å². The van der Waals surface area contributed by atoms with Gasteiger partial charge in [0.25, 0.3) is 0 Å². The molecule has 0 aliphatic carbocycles. The number of aromatic nitrogens is 1. The van der Waals surface area contributed by atoms with E-state index < -0.39 is 5.43 Å². The minimum absolute atomic E-state index is 0.00744. The van der Waals surface area contributed by atoms with Crippen LogP contribution in [0, 0.1) is 5.92 Å². The van der Waals surface area contributed by atoms with Crippen molar-refractivity contribution in [2.75, 3.05) is 26.3 Å². The molecule has 6 heteroatoms. The van der Waals surface area contributed by atoms with Gasteiger partial charge in [-0.3, -0.25) is 9.69 Å². The Morgan fingerprint density at radius 3 is 2.35 bits per heavy atom. The fourth-order valence-corrected chi connectivity index (χ4v) is 2.08. The van der Waals surface area contributed by atoms with E-state index in [9.17, 15) is 9.90 Å². The molecule has 0 unspecified atom stereocenters. The molecule has 0 saturated heterocycles. The van der Waals surface area contributed by atoms with Crippen molar-refractivity contribution in [3.8, 4) is 5.75 Å². The van der Waals surface area contributed by atoms with E-state index in [4.69, 9.17) is 10.2 Å². The van der Waals surface area contributed by atoms with Crippen molar-refractivity contribution in [2.24, 2.45) is 5.92 Å². The summed E-state index contributed by atoms with van der Waals surface area (Å²) < 4.78 is 1.85. The fraction of sp³-hybridized carbons (Fsp3) is 0.643. The van der Waals surface area contributed by atoms with E-state index in [-0.39, 0.29) is 19.0 Å². The highest BCUT2D eigenvalue weighted by atomic mass is 16.3. The zero-order chi connectivity index (χ0) is 15.1. The molecule has 3 N–H and O–H groups in total. The molecule has 0 spiro atoms. The number of rotatable bonds is 8. The van der Waals surface area contributed by atoms with Crippen molar-refractivity contribution in [3.05, 3.63) is 28.2 Å². The SMILES string of the molecule is CC(C)Cn1cc(O)c(=O)cc1CN(CCO)CCO. The predicted octanol–water partition coefficient (Wildman–Crippen LogP) is -0.00350. The highest BCUT2D eigenvalue weighted by molar-refractivity contribution is 5.20. The molecule has 0 aromatic carbocycles. The third-order valence-corrected chi connectivity index (χ3v) is 2.98. The van der Waals surface area contributed by atoms with Crippen LogP contribution >= 0.6 is 0 Å². The molecule has 1 rings (SSSR count). The number of aliphatic hydroxyl groups excluding tert-OH is 2. The number of aromatic hydroxyl groups is 1. The summed E-state index contributed by atoms with van der Waals surface area (Å²) in [6.07, 6.45) is 1.45. The molecule has 1 heterocycles. The standard InChI is InChI=1S/C14H24N2O4/c1-11(2)8-16-10-14(20)13(19)7-12(16)9-15(3-5-17)4-6-18/h7,10-11,17-18,20H,3-6,8-9H2,1-2H3. The van der Waals surface area contributed by atoms with Gasteiger partial charge in [0.2, 0.25) is 5.43 Å². The lowest BCUT2D eigenvalue weighted by atomic mass is 10.2. The first-order chi connectivity index (χ1) is 9.47. The number of hydrogen-bond acceptors (Lipinski definition) is 5. The summed E-state index contributed by atoms with van der Waals surface area (Å²) in [7, 11) is 0. The van der Waals surface area contributed by atoms with Gasteiger partial charge in [-0.05, 0) is 5.92 Å². The second kappa shape index (κ2) is 8.04. The number of pyridine rings is 1. The van der Waals surface area contributed by atoms with Crippen molar-refractivity contribution < 1.29 is 15.3 Å². The Kier molecular flexibility index (Phi) is 6.70. The Balaban J connectivity index is 3.01. The predicted molar refractivity (Wildman–Crippen MR) is 76.7 cm³/mol. The van der Waals surface area contributed by atoms with Crippen molar-refractivity contribution in [2.45, 2.75) is 26.9 Å². The van der Waals surface area contributed by atoms with Crippen molar-refractivity contribution >= 4 is 0 Å². The third-order valence-electron chi connectivity index (χ3n) is 2.98. The highest BCUT2D eigenvalue weighted by Crippen LogP contribution is 2.11. The second-order valence-corrected chi connectivity index (χ2v) is 5.28. The summed E-state index contributed by atoms with van der Waals surface area (Å²) in [5, 5.41) is 27.6. The quantitative estimate of drug-likeness (QED) is 0.625. The van der Waals surface area contributed by atoms with E-state index in [1.807, 2.05) is 9.47 Å². The monoisotopic (exact) mass is 284 g/mol. The van der Waals surface area contributed by atoms with Crippen LogP contribution in [0.3, 0.4) is 0 Å². The van der Waals surface area contributed by atoms with Crippen LogP contribution in [0.1, 0.15) is 19.5 Å². The molecule has 114 valence electrons. The molecule has 0 aliphatic heterocycles. The summed E-state index contributed by atoms with van der Waals surface area (Å²) in [6.45, 7) is 6.09. The van der Waals surface area contributed by atoms with Gasteiger partial charge in [0.05, 0.1) is 19.4 Å². The minimum Gasteiger partial charge on any atom is -0.503 e. The van der Waals surface area contributed by atoms with Gasteiger partial charge in [0.1, 0.15) is 0 Å². The average Bonchev–Trinajstić information content (AvgIpc) is 2.35. The number of aliphatic hydroxyl groups is 2. The van der Waals surface area contributed by atoms with E-state index in [0.717, 1.165) is 5.69 Å². The maximum Gasteiger partial charge on any atom is 0.223 e. The summed E-state index contributed by atoms with van der Waals surface area (Å²) in [5.74, 6) is 0.116. The van der Waals surface area contributed by atoms with E-state index >= 15 is 0 Å². The van der Waals surface area contributed by atoms with Gasteiger partial charge in [-0.15, -0.1) is 0 Å². The van der Waals surface area contributed by atoms with Crippen LogP contribution in [0.2, 0.25) is 0 Å². The van der Waals surface area contributed by atoms with E-state index in [1.54, 1.807) is 0 Å². The van der Waals surface area contributed by atoms with Gasteiger partial charge in [0, 0.05) is 37.9 Å². The van der Waals surface area contributed by atoms with Crippen molar-refractivity contribution in [1.29, 1.82) is 0 Å². The van der Waals surface area contributed by atoms with Gasteiger partial charge >= 0.3 is 0 Å². The maximum atomic E-state index is 11.6. The van der Waals surface area contributed by atoms with Crippen molar-refractivity contribution in [1.82, 2.24) is 9.47 Å². The summed E-state index contributed by atoms with van der Waals surface area (Å²) in [6, 6.07) is 1.42. The first kappa shape index (κ1) is 16.7. The maximum absolute atomic E-state index is 11.6. The molecule has 6 nitrogen and oxygen atoms in total. The molecular weight excluding hydrogens is 260 g/mol. The molecule has 0 radical (unpaired) electrons. The molecule has 1 aromatic heterocycles. The van der Waals surface area contributed by atoms with Crippen LogP contribution in [-0.4, -0.2) is 51.1 Å². The lowest BCUT2D eigenvalue weighted by Gasteiger charge is -2.23. The van der Waals surface area contributed by atoms with Gasteiger partial charge < -0.3 is 19.9 Å². The Hall–Kier alpha value is -1.37. The first-order valence-electron chi connectivity index (χ1n) is 6.84. The van der Waals surface area contributed by atoms with Crippen LogP contribution in [-0.2, 0) is 13.1 Å². The van der Waals surface area contributed by atoms with Gasteiger partial charge in [-0.2, -0.15) is 0 Å². The van der Waals surface area contributed by atoms with Gasteiger partial charge in [-0.1, -0.05) is 13.8 Å². The molecule has 0 atom stereocenters. The minimum atomic E-state index is -0.409. The van der Waals surface area contributed by atoms with Gasteiger partial charge in [-0.25, -0.2) is 0 Å². The van der Waals surface area contributed by atoms with Crippen LogP contribution in [0.15, 0.2) is 17.1 Å². The smallest absolute Gasteiger partial charge is 0.223 e. The fourth-order valence-electron chi connectivity index (χ4n) is 2.08. The van der Waals surface area contributed by atoms with Crippen LogP contribution in [0.4, 0.5) is 0 Å².